The fraction of sp³-hybridized carbons (Fsp3) is 0.0588. The van der Waals surface area contributed by atoms with Crippen molar-refractivity contribution in [3.63, 3.8) is 0 Å². The van der Waals surface area contributed by atoms with Crippen LogP contribution in [0.25, 0.3) is 11.0 Å². The van der Waals surface area contributed by atoms with Gasteiger partial charge in [-0.3, -0.25) is 20.2 Å². The van der Waals surface area contributed by atoms with Crippen LogP contribution in [0.2, 0.25) is 0 Å². The van der Waals surface area contributed by atoms with E-state index in [2.05, 4.69) is 10.6 Å². The number of para-hydroxylation sites is 1. The van der Waals surface area contributed by atoms with Crippen LogP contribution >= 0.6 is 12.2 Å². The molecule has 0 aliphatic heterocycles. The number of rotatable bonds is 3. The van der Waals surface area contributed by atoms with Gasteiger partial charge in [0.25, 0.3) is 11.6 Å². The summed E-state index contributed by atoms with van der Waals surface area (Å²) in [5.41, 5.74) is 1.80. The lowest BCUT2D eigenvalue weighted by Crippen LogP contribution is -2.34. The van der Waals surface area contributed by atoms with E-state index in [1.165, 1.54) is 18.2 Å². The van der Waals surface area contributed by atoms with E-state index in [9.17, 15) is 14.9 Å². The highest BCUT2D eigenvalue weighted by molar-refractivity contribution is 7.80. The number of hydrogen-bond donors (Lipinski definition) is 2. The molecule has 0 bridgehead atoms. The summed E-state index contributed by atoms with van der Waals surface area (Å²) in [7, 11) is 0. The lowest BCUT2D eigenvalue weighted by atomic mass is 10.2. The van der Waals surface area contributed by atoms with Crippen LogP contribution < -0.4 is 10.6 Å². The van der Waals surface area contributed by atoms with E-state index < -0.39 is 10.8 Å². The van der Waals surface area contributed by atoms with Gasteiger partial charge in [-0.15, -0.1) is 0 Å². The van der Waals surface area contributed by atoms with Crippen molar-refractivity contribution in [1.82, 2.24) is 5.32 Å². The zero-order chi connectivity index (χ0) is 18.0. The Labute approximate surface area is 147 Å². The number of fused-ring (bicyclic) bond motifs is 1. The number of nitro groups is 1. The van der Waals surface area contributed by atoms with Gasteiger partial charge in [0, 0.05) is 23.2 Å². The minimum Gasteiger partial charge on any atom is -0.451 e. The molecular weight excluding hydrogens is 342 g/mol. The normalized spacial score (nSPS) is 10.4. The maximum atomic E-state index is 12.2. The molecule has 3 rings (SSSR count). The van der Waals surface area contributed by atoms with Crippen LogP contribution in [0.3, 0.4) is 0 Å². The SMILES string of the molecule is Cc1cc([N+](=O)[O-])ccc1NC(=S)NC(=O)c1cc2ccccc2o1. The number of thiocarbonyl (C=S) groups is 1. The summed E-state index contributed by atoms with van der Waals surface area (Å²) >= 11 is 5.12. The van der Waals surface area contributed by atoms with Crippen molar-refractivity contribution in [1.29, 1.82) is 0 Å². The number of aryl methyl sites for hydroxylation is 1. The molecule has 0 spiro atoms. The van der Waals surface area contributed by atoms with Gasteiger partial charge in [0.2, 0.25) is 0 Å². The van der Waals surface area contributed by atoms with Gasteiger partial charge >= 0.3 is 0 Å². The zero-order valence-electron chi connectivity index (χ0n) is 13.1. The van der Waals surface area contributed by atoms with Crippen molar-refractivity contribution >= 4 is 45.6 Å². The second-order valence-electron chi connectivity index (χ2n) is 5.31. The Bertz CT molecular complexity index is 963. The number of anilines is 1. The van der Waals surface area contributed by atoms with E-state index in [-0.39, 0.29) is 16.6 Å². The van der Waals surface area contributed by atoms with Gasteiger partial charge in [-0.05, 0) is 42.9 Å². The predicted octanol–water partition coefficient (Wildman–Crippen LogP) is 3.78. The molecule has 2 N–H and O–H groups in total. The van der Waals surface area contributed by atoms with Gasteiger partial charge in [0.05, 0.1) is 4.92 Å². The van der Waals surface area contributed by atoms with E-state index in [1.54, 1.807) is 19.1 Å². The number of carbonyl (C=O) groups excluding carboxylic acids is 1. The first-order chi connectivity index (χ1) is 11.9. The first kappa shape index (κ1) is 16.6. The van der Waals surface area contributed by atoms with Crippen LogP contribution in [0.4, 0.5) is 11.4 Å². The van der Waals surface area contributed by atoms with Gasteiger partial charge in [0.15, 0.2) is 10.9 Å². The Kier molecular flexibility index (Phi) is 4.44. The molecule has 8 heteroatoms. The molecule has 0 atom stereocenters. The van der Waals surface area contributed by atoms with Crippen LogP contribution in [0, 0.1) is 17.0 Å². The van der Waals surface area contributed by atoms with Crippen molar-refractivity contribution in [3.05, 3.63) is 70.0 Å². The summed E-state index contributed by atoms with van der Waals surface area (Å²) in [6, 6.07) is 13.2. The molecule has 126 valence electrons. The molecule has 1 heterocycles. The van der Waals surface area contributed by atoms with E-state index in [4.69, 9.17) is 16.6 Å². The van der Waals surface area contributed by atoms with Gasteiger partial charge in [0.1, 0.15) is 5.58 Å². The Balaban J connectivity index is 1.69. The number of nitrogens with zero attached hydrogens (tertiary/aromatic N) is 1. The number of amides is 1. The van der Waals surface area contributed by atoms with Crippen molar-refractivity contribution in [2.75, 3.05) is 5.32 Å². The molecule has 2 aromatic carbocycles. The molecule has 0 fully saturated rings. The highest BCUT2D eigenvalue weighted by Gasteiger charge is 2.14. The van der Waals surface area contributed by atoms with Crippen molar-refractivity contribution in [2.24, 2.45) is 0 Å². The highest BCUT2D eigenvalue weighted by Crippen LogP contribution is 2.21. The van der Waals surface area contributed by atoms with Gasteiger partial charge in [-0.25, -0.2) is 0 Å². The maximum Gasteiger partial charge on any atom is 0.293 e. The first-order valence-electron chi connectivity index (χ1n) is 7.30. The topological polar surface area (TPSA) is 97.4 Å². The zero-order valence-corrected chi connectivity index (χ0v) is 13.9. The molecule has 1 amide bonds. The second-order valence-corrected chi connectivity index (χ2v) is 5.72. The summed E-state index contributed by atoms with van der Waals surface area (Å²) < 4.78 is 5.47. The molecule has 0 aliphatic carbocycles. The molecular formula is C17H13N3O4S. The lowest BCUT2D eigenvalue weighted by Gasteiger charge is -2.10. The second kappa shape index (κ2) is 6.70. The average Bonchev–Trinajstić information content (AvgIpc) is 3.00. The fourth-order valence-electron chi connectivity index (χ4n) is 2.31. The maximum absolute atomic E-state index is 12.2. The molecule has 1 aromatic heterocycles. The third kappa shape index (κ3) is 3.64. The standard InChI is InChI=1S/C17H13N3O4S/c1-10-8-12(20(22)23)6-7-13(10)18-17(25)19-16(21)15-9-11-4-2-3-5-14(11)24-15/h2-9H,1H3,(H2,18,19,21,25). The average molecular weight is 355 g/mol. The van der Waals surface area contributed by atoms with E-state index in [1.807, 2.05) is 18.2 Å². The van der Waals surface area contributed by atoms with Crippen LogP contribution in [0.5, 0.6) is 0 Å². The molecule has 3 aromatic rings. The number of furan rings is 1. The van der Waals surface area contributed by atoms with Gasteiger partial charge in [-0.1, -0.05) is 18.2 Å². The Morgan fingerprint density at radius 2 is 1.96 bits per heavy atom. The van der Waals surface area contributed by atoms with Crippen LogP contribution in [0.1, 0.15) is 16.1 Å². The molecule has 25 heavy (non-hydrogen) atoms. The smallest absolute Gasteiger partial charge is 0.293 e. The first-order valence-corrected chi connectivity index (χ1v) is 7.71. The molecule has 0 unspecified atom stereocenters. The van der Waals surface area contributed by atoms with E-state index in [0.29, 0.717) is 16.8 Å². The van der Waals surface area contributed by atoms with Crippen LogP contribution in [0.15, 0.2) is 52.9 Å². The summed E-state index contributed by atoms with van der Waals surface area (Å²) in [5, 5.41) is 17.0. The number of nitrogens with one attached hydrogen (secondary N) is 2. The van der Waals surface area contributed by atoms with E-state index in [0.717, 1.165) is 5.39 Å². The monoisotopic (exact) mass is 355 g/mol. The highest BCUT2D eigenvalue weighted by atomic mass is 32.1. The van der Waals surface area contributed by atoms with E-state index >= 15 is 0 Å². The summed E-state index contributed by atoms with van der Waals surface area (Å²) in [4.78, 5) is 22.5. The van der Waals surface area contributed by atoms with Crippen molar-refractivity contribution in [3.8, 4) is 0 Å². The van der Waals surface area contributed by atoms with Crippen molar-refractivity contribution < 1.29 is 14.1 Å². The number of hydrogen-bond acceptors (Lipinski definition) is 5. The molecule has 0 radical (unpaired) electrons. The molecule has 0 saturated carbocycles. The van der Waals surface area contributed by atoms with Crippen LogP contribution in [-0.4, -0.2) is 15.9 Å². The Morgan fingerprint density at radius 3 is 2.64 bits per heavy atom. The van der Waals surface area contributed by atoms with Gasteiger partial charge < -0.3 is 9.73 Å². The fourth-order valence-corrected chi connectivity index (χ4v) is 2.52. The van der Waals surface area contributed by atoms with Crippen LogP contribution in [-0.2, 0) is 0 Å². The Morgan fingerprint density at radius 1 is 1.20 bits per heavy atom. The molecule has 0 saturated heterocycles. The molecule has 7 nitrogen and oxygen atoms in total. The third-order valence-electron chi connectivity index (χ3n) is 3.55. The quantitative estimate of drug-likeness (QED) is 0.422. The Hall–Kier alpha value is -3.26. The summed E-state index contributed by atoms with van der Waals surface area (Å²) in [6.45, 7) is 1.71. The number of non-ortho nitro benzene ring substituents is 1. The van der Waals surface area contributed by atoms with Crippen molar-refractivity contribution in [2.45, 2.75) is 6.92 Å². The number of carbonyl (C=O) groups is 1. The third-order valence-corrected chi connectivity index (χ3v) is 3.75. The predicted molar refractivity (Wildman–Crippen MR) is 97.7 cm³/mol. The molecule has 0 aliphatic rings. The lowest BCUT2D eigenvalue weighted by molar-refractivity contribution is -0.384. The minimum atomic E-state index is -0.478. The largest absolute Gasteiger partial charge is 0.451 e. The minimum absolute atomic E-state index is 0.0136. The summed E-state index contributed by atoms with van der Waals surface area (Å²) in [5.74, 6) is -0.334. The number of benzene rings is 2. The van der Waals surface area contributed by atoms with Gasteiger partial charge in [-0.2, -0.15) is 0 Å². The summed E-state index contributed by atoms with van der Waals surface area (Å²) in [6.07, 6.45) is 0. The number of nitro benzene ring substituents is 1.